The minimum absolute atomic E-state index is 1.19. The van der Waals surface area contributed by atoms with E-state index in [1.54, 1.807) is 33.4 Å². The van der Waals surface area contributed by atoms with E-state index in [1.807, 2.05) is 125 Å². The fourth-order valence-electron chi connectivity index (χ4n) is 13.2. The number of fused-ring (bicyclic) bond motifs is 9. The van der Waals surface area contributed by atoms with Crippen LogP contribution in [0.3, 0.4) is 0 Å². The third kappa shape index (κ3) is 20.1. The van der Waals surface area contributed by atoms with Crippen molar-refractivity contribution in [1.29, 1.82) is 0 Å². The van der Waals surface area contributed by atoms with Crippen molar-refractivity contribution in [1.82, 2.24) is 0 Å². The summed E-state index contributed by atoms with van der Waals surface area (Å²) in [7, 11) is 0. The second-order valence-electron chi connectivity index (χ2n) is 22.5. The summed E-state index contributed by atoms with van der Waals surface area (Å²) in [6.07, 6.45) is 12.0. The minimum atomic E-state index is 1.19. The van der Waals surface area contributed by atoms with Crippen LogP contribution in [-0.4, -0.2) is 0 Å². The maximum absolute atomic E-state index is 2.44. The minimum Gasteiger partial charge on any atom is -0.0683 e. The molecule has 0 radical (unpaired) electrons. The van der Waals surface area contributed by atoms with Crippen LogP contribution in [0.5, 0.6) is 0 Å². The molecule has 486 valence electrons. The first kappa shape index (κ1) is 80.8. The fraction of sp³-hybridized carbons (Fsp3) is 0.461. The first-order chi connectivity index (χ1) is 43.0. The van der Waals surface area contributed by atoms with Gasteiger partial charge in [-0.15, -0.1) is 0 Å². The Morgan fingerprint density at radius 1 is 0.180 bits per heavy atom. The van der Waals surface area contributed by atoms with Crippen molar-refractivity contribution in [2.24, 2.45) is 0 Å². The Bertz CT molecular complexity index is 3420. The van der Waals surface area contributed by atoms with Crippen LogP contribution in [0.15, 0.2) is 103 Å². The summed E-state index contributed by atoms with van der Waals surface area (Å²) in [5.41, 5.74) is 46.0. The number of hydrogen-bond acceptors (Lipinski definition) is 0. The molecule has 0 fully saturated rings. The van der Waals surface area contributed by atoms with Crippen LogP contribution >= 0.6 is 0 Å². The average Bonchev–Trinajstić information content (AvgIpc) is 3.24. The van der Waals surface area contributed by atoms with Crippen LogP contribution in [0.2, 0.25) is 0 Å². The number of hydrogen-bond donors (Lipinski definition) is 0. The van der Waals surface area contributed by atoms with Crippen molar-refractivity contribution in [3.63, 3.8) is 0 Å². The van der Waals surface area contributed by atoms with E-state index < -0.39 is 0 Å². The van der Waals surface area contributed by atoms with Crippen LogP contribution in [0.25, 0.3) is 44.5 Å². The first-order valence-corrected chi connectivity index (χ1v) is 35.9. The van der Waals surface area contributed by atoms with E-state index in [1.165, 1.54) is 203 Å². The van der Waals surface area contributed by atoms with Gasteiger partial charge in [0.05, 0.1) is 0 Å². The smallest absolute Gasteiger partial charge is 0.0111 e. The Labute approximate surface area is 551 Å². The van der Waals surface area contributed by atoms with Gasteiger partial charge in [0.15, 0.2) is 0 Å². The molecule has 5 aliphatic rings. The van der Waals surface area contributed by atoms with Gasteiger partial charge in [-0.25, -0.2) is 0 Å². The van der Waals surface area contributed by atoms with Crippen LogP contribution in [0.4, 0.5) is 0 Å². The Morgan fingerprint density at radius 2 is 0.449 bits per heavy atom. The standard InChI is InChI=1S/C19H20.C18H20.2C17H18.9C2H6/c1-11-8-14-4-5-16-10-12(2)13(3)17-7-6-15(9-11)18(14)19(16)17;1-11-7-14(4)18-16(8-11)6-5-15-9-12(2)13(3)10-17(15)18;1-11-4-7-16-14(9-11)5-6-15-10-12(2)8-13(3)17(15)16;1-11-4-7-16-14(8-11)5-6-15-9-12(2)13(3)10-17(15)16;9*1-2/h8-10H,4-7H2,1-3H3;7-10H,5-6H2,1-4H3;2*4,7-10H,5-6H2,1-3H3;9*1-2H3. The van der Waals surface area contributed by atoms with E-state index >= 15 is 0 Å². The summed E-state index contributed by atoms with van der Waals surface area (Å²) in [6.45, 7) is 64.9. The Kier molecular flexibility index (Phi) is 37.4. The lowest BCUT2D eigenvalue weighted by atomic mass is 9.73. The summed E-state index contributed by atoms with van der Waals surface area (Å²) < 4.78 is 0. The van der Waals surface area contributed by atoms with Crippen LogP contribution in [-0.2, 0) is 64.2 Å². The van der Waals surface area contributed by atoms with Gasteiger partial charge >= 0.3 is 0 Å². The maximum atomic E-state index is 2.44. The molecule has 8 aromatic carbocycles. The molecule has 0 spiro atoms. The monoisotopic (exact) mass is 1200 g/mol. The van der Waals surface area contributed by atoms with Crippen molar-refractivity contribution in [3.8, 4) is 44.5 Å². The Morgan fingerprint density at radius 3 is 0.876 bits per heavy atom. The van der Waals surface area contributed by atoms with Gasteiger partial charge < -0.3 is 0 Å². The lowest BCUT2D eigenvalue weighted by Crippen LogP contribution is -2.16. The molecule has 0 nitrogen and oxygen atoms in total. The van der Waals surface area contributed by atoms with Gasteiger partial charge in [-0.05, 0) is 299 Å². The lowest BCUT2D eigenvalue weighted by Gasteiger charge is -2.31. The molecule has 0 unspecified atom stereocenters. The maximum Gasteiger partial charge on any atom is -0.0111 e. The third-order valence-corrected chi connectivity index (χ3v) is 17.0. The summed E-state index contributed by atoms with van der Waals surface area (Å²) in [5.74, 6) is 0. The van der Waals surface area contributed by atoms with Gasteiger partial charge in [0.1, 0.15) is 0 Å². The summed E-state index contributed by atoms with van der Waals surface area (Å²) >= 11 is 0. The Balaban J connectivity index is 0.000000546. The Hall–Kier alpha value is -6.24. The number of aryl methyl sites for hydroxylation is 21. The van der Waals surface area contributed by atoms with Crippen molar-refractivity contribution in [3.05, 3.63) is 231 Å². The molecule has 0 saturated carbocycles. The predicted octanol–water partition coefficient (Wildman–Crippen LogP) is 27.2. The van der Waals surface area contributed by atoms with Crippen LogP contribution in [0.1, 0.15) is 253 Å². The molecule has 89 heavy (non-hydrogen) atoms. The molecule has 13 rings (SSSR count). The molecule has 0 N–H and O–H groups in total. The molecule has 0 aromatic heterocycles. The molecule has 8 aromatic rings. The van der Waals surface area contributed by atoms with Gasteiger partial charge in [0.25, 0.3) is 0 Å². The SMILES string of the molecule is CC.CC.CC.CC.CC.CC.CC.CC.CC.Cc1cc(C)c2c(c1)CCc1cc(C)c(C)cc1-2.Cc1cc2c3c(c1)CCc1c(C)c(C)cc(c1-3)CC2.Cc1ccc2c(c1)CCc1cc(C)c(C)cc1-2.Cc1ccc2c(c1)CCc1cc(C)cc(C)c1-2. The van der Waals surface area contributed by atoms with Crippen molar-refractivity contribution >= 4 is 0 Å². The number of benzene rings is 8. The second kappa shape index (κ2) is 41.2. The molecule has 5 aliphatic carbocycles. The quantitative estimate of drug-likeness (QED) is 0.142. The molecular formula is C89H130. The highest BCUT2D eigenvalue weighted by molar-refractivity contribution is 5.83. The fourth-order valence-corrected chi connectivity index (χ4v) is 13.2. The molecular weight excluding hydrogens is 1070 g/mol. The summed E-state index contributed by atoms with van der Waals surface area (Å²) in [4.78, 5) is 0. The average molecular weight is 1200 g/mol. The van der Waals surface area contributed by atoms with E-state index in [-0.39, 0.29) is 0 Å². The van der Waals surface area contributed by atoms with Crippen molar-refractivity contribution in [2.45, 2.75) is 279 Å². The topological polar surface area (TPSA) is 0 Å². The normalized spacial score (nSPS) is 11.5. The van der Waals surface area contributed by atoms with Crippen molar-refractivity contribution in [2.75, 3.05) is 0 Å². The summed E-state index contributed by atoms with van der Waals surface area (Å²) in [6, 6.07) is 39.8. The zero-order valence-electron chi connectivity index (χ0n) is 63.4. The highest BCUT2D eigenvalue weighted by atomic mass is 14.3. The van der Waals surface area contributed by atoms with E-state index in [2.05, 4.69) is 193 Å². The first-order valence-electron chi connectivity index (χ1n) is 35.9. The van der Waals surface area contributed by atoms with Gasteiger partial charge in [0.2, 0.25) is 0 Å². The van der Waals surface area contributed by atoms with Gasteiger partial charge in [-0.3, -0.25) is 0 Å². The summed E-state index contributed by atoms with van der Waals surface area (Å²) in [5, 5.41) is 0. The van der Waals surface area contributed by atoms with E-state index in [0.29, 0.717) is 0 Å². The molecule has 0 heterocycles. The third-order valence-electron chi connectivity index (χ3n) is 17.0. The highest BCUT2D eigenvalue weighted by Crippen LogP contribution is 2.45. The zero-order valence-corrected chi connectivity index (χ0v) is 63.4. The van der Waals surface area contributed by atoms with Gasteiger partial charge in [-0.1, -0.05) is 256 Å². The van der Waals surface area contributed by atoms with Crippen LogP contribution < -0.4 is 0 Å². The van der Waals surface area contributed by atoms with E-state index in [0.717, 1.165) is 0 Å². The molecule has 0 aliphatic heterocycles. The lowest BCUT2D eigenvalue weighted by molar-refractivity contribution is 0.863. The van der Waals surface area contributed by atoms with Gasteiger partial charge in [-0.2, -0.15) is 0 Å². The largest absolute Gasteiger partial charge is 0.0683 e. The molecule has 0 heteroatoms. The predicted molar refractivity (Wildman–Crippen MR) is 408 cm³/mol. The highest BCUT2D eigenvalue weighted by Gasteiger charge is 2.28. The molecule has 0 saturated heterocycles. The number of rotatable bonds is 0. The van der Waals surface area contributed by atoms with Crippen molar-refractivity contribution < 1.29 is 0 Å². The molecule has 0 bridgehead atoms. The zero-order chi connectivity index (χ0) is 68.0. The van der Waals surface area contributed by atoms with Crippen LogP contribution in [0, 0.1) is 90.0 Å². The molecule has 0 atom stereocenters. The van der Waals surface area contributed by atoms with Gasteiger partial charge in [0, 0.05) is 0 Å². The van der Waals surface area contributed by atoms with E-state index in [9.17, 15) is 0 Å². The molecule has 0 amide bonds. The van der Waals surface area contributed by atoms with E-state index in [4.69, 9.17) is 0 Å². The second-order valence-corrected chi connectivity index (χ2v) is 22.5.